The van der Waals surface area contributed by atoms with Crippen LogP contribution in [-0.2, 0) is 10.9 Å². The average molecular weight is 272 g/mol. The molecule has 0 fully saturated rings. The van der Waals surface area contributed by atoms with Crippen LogP contribution in [0.25, 0.3) is 0 Å². The molecule has 0 aliphatic carbocycles. The van der Waals surface area contributed by atoms with Crippen molar-refractivity contribution in [3.05, 3.63) is 29.3 Å². The summed E-state index contributed by atoms with van der Waals surface area (Å²) in [7, 11) is 1.53. The predicted molar refractivity (Wildman–Crippen MR) is 65.7 cm³/mol. The molecule has 104 valence electrons. The van der Waals surface area contributed by atoms with Gasteiger partial charge in [-0.05, 0) is 32.0 Å². The normalized spacial score (nSPS) is 12.1. The summed E-state index contributed by atoms with van der Waals surface area (Å²) in [4.78, 5) is 0. The standard InChI is InChI=1S/C13H15F3N2O/c1-12(2,19-3)8-18-10-5-4-9(7-17)11(6-10)13(14,15)16/h4-6,18H,8H2,1-3H3. The topological polar surface area (TPSA) is 45.0 Å². The Balaban J connectivity index is 2.98. The third-order valence-electron chi connectivity index (χ3n) is 2.72. The Morgan fingerprint density at radius 1 is 1.32 bits per heavy atom. The summed E-state index contributed by atoms with van der Waals surface area (Å²) in [6.07, 6.45) is -4.54. The van der Waals surface area contributed by atoms with Crippen molar-refractivity contribution >= 4 is 5.69 Å². The van der Waals surface area contributed by atoms with Crippen LogP contribution in [0.1, 0.15) is 25.0 Å². The summed E-state index contributed by atoms with van der Waals surface area (Å²) in [5.41, 5.74) is -1.51. The van der Waals surface area contributed by atoms with Crippen molar-refractivity contribution in [1.82, 2.24) is 0 Å². The van der Waals surface area contributed by atoms with Crippen LogP contribution in [0.15, 0.2) is 18.2 Å². The largest absolute Gasteiger partial charge is 0.417 e. The molecule has 0 atom stereocenters. The summed E-state index contributed by atoms with van der Waals surface area (Å²) in [5, 5.41) is 11.5. The van der Waals surface area contributed by atoms with Crippen molar-refractivity contribution in [3.8, 4) is 6.07 Å². The Bertz CT molecular complexity index is 490. The van der Waals surface area contributed by atoms with E-state index in [0.717, 1.165) is 12.1 Å². The van der Waals surface area contributed by atoms with Crippen molar-refractivity contribution in [2.24, 2.45) is 0 Å². The van der Waals surface area contributed by atoms with Gasteiger partial charge in [0.05, 0.1) is 22.8 Å². The van der Waals surface area contributed by atoms with Crippen molar-refractivity contribution in [1.29, 1.82) is 5.26 Å². The molecule has 1 aromatic rings. The Morgan fingerprint density at radius 2 is 1.95 bits per heavy atom. The predicted octanol–water partition coefficient (Wildman–Crippen LogP) is 3.41. The molecule has 0 saturated carbocycles. The Hall–Kier alpha value is -1.74. The number of anilines is 1. The number of rotatable bonds is 4. The summed E-state index contributed by atoms with van der Waals surface area (Å²) in [6, 6.07) is 5.08. The first-order chi connectivity index (χ1) is 8.69. The van der Waals surface area contributed by atoms with Crippen LogP contribution in [0, 0.1) is 11.3 Å². The first-order valence-corrected chi connectivity index (χ1v) is 5.60. The molecule has 0 aromatic heterocycles. The monoisotopic (exact) mass is 272 g/mol. The number of ether oxygens (including phenoxy) is 1. The second-order valence-electron chi connectivity index (χ2n) is 4.69. The summed E-state index contributed by atoms with van der Waals surface area (Å²) in [6.45, 7) is 3.98. The fourth-order valence-corrected chi connectivity index (χ4v) is 1.37. The molecule has 0 unspecified atom stereocenters. The van der Waals surface area contributed by atoms with Crippen LogP contribution in [0.3, 0.4) is 0 Å². The lowest BCUT2D eigenvalue weighted by atomic mass is 10.1. The summed E-state index contributed by atoms with van der Waals surface area (Å²) in [5.74, 6) is 0. The fourth-order valence-electron chi connectivity index (χ4n) is 1.37. The van der Waals surface area contributed by atoms with E-state index in [9.17, 15) is 13.2 Å². The van der Waals surface area contributed by atoms with Crippen molar-refractivity contribution in [2.75, 3.05) is 19.0 Å². The van der Waals surface area contributed by atoms with Crippen molar-refractivity contribution < 1.29 is 17.9 Å². The first-order valence-electron chi connectivity index (χ1n) is 5.60. The quantitative estimate of drug-likeness (QED) is 0.913. The molecule has 0 aliphatic rings. The molecule has 0 bridgehead atoms. The summed E-state index contributed by atoms with van der Waals surface area (Å²) >= 11 is 0. The van der Waals surface area contributed by atoms with Gasteiger partial charge in [-0.3, -0.25) is 0 Å². The van der Waals surface area contributed by atoms with Gasteiger partial charge in [-0.1, -0.05) is 0 Å². The maximum absolute atomic E-state index is 12.8. The van der Waals surface area contributed by atoms with E-state index in [4.69, 9.17) is 10.00 Å². The van der Waals surface area contributed by atoms with Gasteiger partial charge in [0.25, 0.3) is 0 Å². The smallest absolute Gasteiger partial charge is 0.382 e. The zero-order valence-corrected chi connectivity index (χ0v) is 10.9. The van der Waals surface area contributed by atoms with Gasteiger partial charge in [0.1, 0.15) is 0 Å². The lowest BCUT2D eigenvalue weighted by Crippen LogP contribution is -2.32. The van der Waals surface area contributed by atoms with E-state index in [1.54, 1.807) is 6.07 Å². The number of halogens is 3. The van der Waals surface area contributed by atoms with E-state index in [-0.39, 0.29) is 5.56 Å². The van der Waals surface area contributed by atoms with Crippen LogP contribution >= 0.6 is 0 Å². The molecule has 6 heteroatoms. The molecule has 0 radical (unpaired) electrons. The van der Waals surface area contributed by atoms with Gasteiger partial charge in [-0.25, -0.2) is 0 Å². The molecule has 0 saturated heterocycles. The average Bonchev–Trinajstić information content (AvgIpc) is 2.35. The highest BCUT2D eigenvalue weighted by Gasteiger charge is 2.33. The van der Waals surface area contributed by atoms with Crippen LogP contribution in [0.4, 0.5) is 18.9 Å². The molecule has 1 aromatic carbocycles. The van der Waals surface area contributed by atoms with Gasteiger partial charge in [0.15, 0.2) is 0 Å². The number of alkyl halides is 3. The van der Waals surface area contributed by atoms with Crippen LogP contribution in [0.2, 0.25) is 0 Å². The van der Waals surface area contributed by atoms with E-state index >= 15 is 0 Å². The number of nitrogens with zero attached hydrogens (tertiary/aromatic N) is 1. The van der Waals surface area contributed by atoms with E-state index < -0.39 is 17.3 Å². The highest BCUT2D eigenvalue weighted by Crippen LogP contribution is 2.33. The number of benzene rings is 1. The minimum absolute atomic E-state index is 0.302. The maximum Gasteiger partial charge on any atom is 0.417 e. The van der Waals surface area contributed by atoms with Gasteiger partial charge in [0, 0.05) is 19.3 Å². The maximum atomic E-state index is 12.8. The van der Waals surface area contributed by atoms with E-state index in [2.05, 4.69) is 5.32 Å². The number of nitriles is 1. The van der Waals surface area contributed by atoms with Gasteiger partial charge < -0.3 is 10.1 Å². The van der Waals surface area contributed by atoms with Crippen molar-refractivity contribution in [3.63, 3.8) is 0 Å². The van der Waals surface area contributed by atoms with Gasteiger partial charge in [0.2, 0.25) is 0 Å². The lowest BCUT2D eigenvalue weighted by Gasteiger charge is -2.24. The third kappa shape index (κ3) is 4.14. The van der Waals surface area contributed by atoms with E-state index in [1.165, 1.54) is 13.2 Å². The molecule has 1 N–H and O–H groups in total. The SMILES string of the molecule is COC(C)(C)CNc1ccc(C#N)c(C(F)(F)F)c1. The zero-order valence-electron chi connectivity index (χ0n) is 10.9. The van der Waals surface area contributed by atoms with E-state index in [0.29, 0.717) is 12.2 Å². The molecular weight excluding hydrogens is 257 g/mol. The first kappa shape index (κ1) is 15.3. The van der Waals surface area contributed by atoms with Crippen LogP contribution in [0.5, 0.6) is 0 Å². The van der Waals surface area contributed by atoms with Crippen LogP contribution < -0.4 is 5.32 Å². The third-order valence-corrected chi connectivity index (χ3v) is 2.72. The lowest BCUT2D eigenvalue weighted by molar-refractivity contribution is -0.137. The highest BCUT2D eigenvalue weighted by atomic mass is 19.4. The molecule has 0 spiro atoms. The number of nitrogens with one attached hydrogen (secondary N) is 1. The van der Waals surface area contributed by atoms with Crippen LogP contribution in [-0.4, -0.2) is 19.3 Å². The number of hydrogen-bond acceptors (Lipinski definition) is 3. The highest BCUT2D eigenvalue weighted by molar-refractivity contribution is 5.53. The summed E-state index contributed by atoms with van der Waals surface area (Å²) < 4.78 is 43.4. The molecule has 3 nitrogen and oxygen atoms in total. The Morgan fingerprint density at radius 3 is 2.42 bits per heavy atom. The Labute approximate surface area is 110 Å². The molecule has 0 heterocycles. The zero-order chi connectivity index (χ0) is 14.7. The molecule has 0 amide bonds. The molecule has 19 heavy (non-hydrogen) atoms. The molecular formula is C13H15F3N2O. The minimum Gasteiger partial charge on any atom is -0.382 e. The second kappa shape index (κ2) is 5.49. The minimum atomic E-state index is -4.54. The second-order valence-corrected chi connectivity index (χ2v) is 4.69. The fraction of sp³-hybridized carbons (Fsp3) is 0.462. The van der Waals surface area contributed by atoms with Gasteiger partial charge in [-0.15, -0.1) is 0 Å². The van der Waals surface area contributed by atoms with Gasteiger partial charge >= 0.3 is 6.18 Å². The number of methoxy groups -OCH3 is 1. The van der Waals surface area contributed by atoms with Crippen molar-refractivity contribution in [2.45, 2.75) is 25.6 Å². The molecule has 0 aliphatic heterocycles. The van der Waals surface area contributed by atoms with E-state index in [1.807, 2.05) is 13.8 Å². The van der Waals surface area contributed by atoms with Gasteiger partial charge in [-0.2, -0.15) is 18.4 Å². The number of hydrogen-bond donors (Lipinski definition) is 1. The molecule has 1 rings (SSSR count). The Kier molecular flexibility index (Phi) is 4.43.